The number of nitrogens with one attached hydrogen (secondary N) is 1. The monoisotopic (exact) mass is 391 g/mol. The maximum atomic E-state index is 12.5. The molecule has 0 aliphatic rings. The van der Waals surface area contributed by atoms with Crippen LogP contribution in [0.4, 0.5) is 5.69 Å². The van der Waals surface area contributed by atoms with E-state index in [4.69, 9.17) is 37.1 Å². The third kappa shape index (κ3) is 3.79. The van der Waals surface area contributed by atoms with Crippen molar-refractivity contribution in [1.82, 2.24) is 0 Å². The molecule has 1 aromatic heterocycles. The minimum absolute atomic E-state index is 0.133. The van der Waals surface area contributed by atoms with E-state index >= 15 is 0 Å². The zero-order chi connectivity index (χ0) is 18.7. The van der Waals surface area contributed by atoms with Gasteiger partial charge < -0.3 is 19.2 Å². The van der Waals surface area contributed by atoms with Crippen LogP contribution in [0, 0.1) is 0 Å². The summed E-state index contributed by atoms with van der Waals surface area (Å²) in [5, 5.41) is 3.75. The summed E-state index contributed by atoms with van der Waals surface area (Å²) in [6.07, 6.45) is 0. The summed E-state index contributed by atoms with van der Waals surface area (Å²) in [4.78, 5) is 12.5. The van der Waals surface area contributed by atoms with Crippen LogP contribution in [0.2, 0.25) is 10.0 Å². The van der Waals surface area contributed by atoms with E-state index in [1.165, 1.54) is 7.11 Å². The predicted molar refractivity (Wildman–Crippen MR) is 102 cm³/mol. The second kappa shape index (κ2) is 7.72. The number of hydrogen-bond donors (Lipinski definition) is 1. The van der Waals surface area contributed by atoms with Crippen molar-refractivity contribution in [2.24, 2.45) is 0 Å². The van der Waals surface area contributed by atoms with E-state index in [-0.39, 0.29) is 5.76 Å². The van der Waals surface area contributed by atoms with Gasteiger partial charge in [0.25, 0.3) is 5.91 Å². The smallest absolute Gasteiger partial charge is 0.291 e. The molecule has 0 aliphatic heterocycles. The normalized spacial score (nSPS) is 10.5. The van der Waals surface area contributed by atoms with Gasteiger partial charge in [-0.05, 0) is 42.5 Å². The highest BCUT2D eigenvalue weighted by Gasteiger charge is 2.16. The van der Waals surface area contributed by atoms with Crippen molar-refractivity contribution in [3.05, 3.63) is 64.3 Å². The summed E-state index contributed by atoms with van der Waals surface area (Å²) in [5.41, 5.74) is 1.11. The van der Waals surface area contributed by atoms with Crippen LogP contribution in [0.3, 0.4) is 0 Å². The van der Waals surface area contributed by atoms with Crippen LogP contribution in [0.15, 0.2) is 52.9 Å². The van der Waals surface area contributed by atoms with Crippen molar-refractivity contribution < 1.29 is 18.7 Å². The molecule has 5 nitrogen and oxygen atoms in total. The Morgan fingerprint density at radius 3 is 2.54 bits per heavy atom. The lowest BCUT2D eigenvalue weighted by atomic mass is 10.2. The quantitative estimate of drug-likeness (QED) is 0.621. The number of benzene rings is 2. The Kier molecular flexibility index (Phi) is 5.40. The van der Waals surface area contributed by atoms with Crippen LogP contribution in [0.25, 0.3) is 11.3 Å². The lowest BCUT2D eigenvalue weighted by molar-refractivity contribution is 0.0997. The lowest BCUT2D eigenvalue weighted by Crippen LogP contribution is -2.11. The maximum absolute atomic E-state index is 12.5. The first-order chi connectivity index (χ1) is 12.5. The Balaban J connectivity index is 1.84. The number of carbonyl (C=O) groups is 1. The first-order valence-corrected chi connectivity index (χ1v) is 8.36. The van der Waals surface area contributed by atoms with E-state index in [0.717, 1.165) is 0 Å². The number of ether oxygens (including phenoxy) is 2. The average Bonchev–Trinajstić information content (AvgIpc) is 3.14. The van der Waals surface area contributed by atoms with Crippen LogP contribution in [0.5, 0.6) is 11.5 Å². The number of anilines is 1. The number of furan rings is 1. The van der Waals surface area contributed by atoms with Gasteiger partial charge in [-0.2, -0.15) is 0 Å². The number of rotatable bonds is 5. The molecule has 0 bridgehead atoms. The van der Waals surface area contributed by atoms with Gasteiger partial charge in [-0.25, -0.2) is 0 Å². The van der Waals surface area contributed by atoms with Gasteiger partial charge in [0, 0.05) is 16.7 Å². The van der Waals surface area contributed by atoms with Gasteiger partial charge in [-0.1, -0.05) is 23.2 Å². The Bertz CT molecular complexity index is 952. The minimum Gasteiger partial charge on any atom is -0.497 e. The fourth-order valence-corrected chi connectivity index (χ4v) is 2.76. The predicted octanol–water partition coefficient (Wildman–Crippen LogP) is 5.52. The second-order valence-corrected chi connectivity index (χ2v) is 6.15. The average molecular weight is 392 g/mol. The van der Waals surface area contributed by atoms with E-state index in [1.54, 1.807) is 55.6 Å². The molecule has 2 aromatic carbocycles. The van der Waals surface area contributed by atoms with Crippen LogP contribution in [-0.2, 0) is 0 Å². The molecule has 1 amide bonds. The molecular formula is C19H15Cl2NO4. The Morgan fingerprint density at radius 1 is 1.00 bits per heavy atom. The van der Waals surface area contributed by atoms with Crippen molar-refractivity contribution in [2.75, 3.05) is 19.5 Å². The summed E-state index contributed by atoms with van der Waals surface area (Å²) < 4.78 is 16.0. The molecule has 7 heteroatoms. The number of methoxy groups -OCH3 is 2. The highest BCUT2D eigenvalue weighted by atomic mass is 35.5. The third-order valence-corrected chi connectivity index (χ3v) is 4.25. The Morgan fingerprint density at radius 2 is 1.81 bits per heavy atom. The molecule has 3 rings (SSSR count). The highest BCUT2D eigenvalue weighted by Crippen LogP contribution is 2.33. The number of hydrogen-bond acceptors (Lipinski definition) is 4. The zero-order valence-corrected chi connectivity index (χ0v) is 15.5. The largest absolute Gasteiger partial charge is 0.497 e. The number of amides is 1. The molecule has 26 heavy (non-hydrogen) atoms. The molecule has 1 N–H and O–H groups in total. The van der Waals surface area contributed by atoms with Crippen molar-refractivity contribution in [3.63, 3.8) is 0 Å². The topological polar surface area (TPSA) is 60.7 Å². The zero-order valence-electron chi connectivity index (χ0n) is 14.0. The summed E-state index contributed by atoms with van der Waals surface area (Å²) in [5.74, 6) is 1.26. The molecule has 0 aliphatic carbocycles. The minimum atomic E-state index is -0.419. The van der Waals surface area contributed by atoms with Crippen molar-refractivity contribution in [3.8, 4) is 22.8 Å². The summed E-state index contributed by atoms with van der Waals surface area (Å²) in [7, 11) is 3.06. The molecule has 0 atom stereocenters. The molecule has 3 aromatic rings. The van der Waals surface area contributed by atoms with Crippen LogP contribution in [0.1, 0.15) is 10.6 Å². The summed E-state index contributed by atoms with van der Waals surface area (Å²) >= 11 is 12.2. The van der Waals surface area contributed by atoms with Crippen LogP contribution >= 0.6 is 23.2 Å². The van der Waals surface area contributed by atoms with Gasteiger partial charge in [0.2, 0.25) is 0 Å². The van der Waals surface area contributed by atoms with Gasteiger partial charge >= 0.3 is 0 Å². The fraction of sp³-hybridized carbons (Fsp3) is 0.105. The molecule has 0 saturated carbocycles. The maximum Gasteiger partial charge on any atom is 0.291 e. The first-order valence-electron chi connectivity index (χ1n) is 7.60. The Hall–Kier alpha value is -2.63. The Labute approximate surface area is 160 Å². The molecule has 0 unspecified atom stereocenters. The van der Waals surface area contributed by atoms with E-state index in [1.807, 2.05) is 0 Å². The summed E-state index contributed by atoms with van der Waals surface area (Å²) in [6, 6.07) is 13.3. The van der Waals surface area contributed by atoms with Gasteiger partial charge in [-0.3, -0.25) is 4.79 Å². The van der Waals surface area contributed by atoms with Gasteiger partial charge in [0.1, 0.15) is 17.3 Å². The van der Waals surface area contributed by atoms with Crippen LogP contribution < -0.4 is 14.8 Å². The van der Waals surface area contributed by atoms with Crippen molar-refractivity contribution in [1.29, 1.82) is 0 Å². The molecule has 0 spiro atoms. The van der Waals surface area contributed by atoms with Crippen molar-refractivity contribution >= 4 is 34.8 Å². The van der Waals surface area contributed by atoms with Gasteiger partial charge in [0.15, 0.2) is 5.76 Å². The first kappa shape index (κ1) is 18.2. The van der Waals surface area contributed by atoms with Gasteiger partial charge in [0.05, 0.1) is 24.9 Å². The third-order valence-electron chi connectivity index (χ3n) is 3.68. The SMILES string of the molecule is COc1ccc(NC(=O)c2ccc(-c3cc(Cl)ccc3Cl)o2)c(OC)c1. The number of carbonyl (C=O) groups excluding carboxylic acids is 1. The molecule has 134 valence electrons. The van der Waals surface area contributed by atoms with E-state index in [0.29, 0.717) is 38.6 Å². The highest BCUT2D eigenvalue weighted by molar-refractivity contribution is 6.35. The van der Waals surface area contributed by atoms with E-state index in [2.05, 4.69) is 5.32 Å². The van der Waals surface area contributed by atoms with E-state index in [9.17, 15) is 4.79 Å². The molecule has 0 radical (unpaired) electrons. The van der Waals surface area contributed by atoms with Crippen molar-refractivity contribution in [2.45, 2.75) is 0 Å². The second-order valence-electron chi connectivity index (χ2n) is 5.31. The molecular weight excluding hydrogens is 377 g/mol. The molecule has 0 fully saturated rings. The van der Waals surface area contributed by atoms with Crippen LogP contribution in [-0.4, -0.2) is 20.1 Å². The molecule has 1 heterocycles. The van der Waals surface area contributed by atoms with Gasteiger partial charge in [-0.15, -0.1) is 0 Å². The standard InChI is InChI=1S/C19H15Cl2NO4/c1-24-12-4-6-15(18(10-12)25-2)22-19(23)17-8-7-16(26-17)13-9-11(20)3-5-14(13)21/h3-10H,1-2H3,(H,22,23). The summed E-state index contributed by atoms with van der Waals surface area (Å²) in [6.45, 7) is 0. The van der Waals surface area contributed by atoms with E-state index < -0.39 is 5.91 Å². The lowest BCUT2D eigenvalue weighted by Gasteiger charge is -2.10. The number of halogens is 2. The molecule has 0 saturated heterocycles. The fourth-order valence-electron chi connectivity index (χ4n) is 2.38.